The molecule has 2 bridgehead atoms. The van der Waals surface area contributed by atoms with Gasteiger partial charge in [-0.05, 0) is 61.9 Å². The summed E-state index contributed by atoms with van der Waals surface area (Å²) in [5, 5.41) is 11.1. The molecule has 0 saturated carbocycles. The van der Waals surface area contributed by atoms with Crippen LogP contribution in [0.25, 0.3) is 5.69 Å². The molecule has 0 spiro atoms. The number of hydrogen-bond donors (Lipinski definition) is 2. The molecule has 3 heterocycles. The summed E-state index contributed by atoms with van der Waals surface area (Å²) in [5.74, 6) is 0.409. The van der Waals surface area contributed by atoms with Crippen LogP contribution in [0, 0.1) is 11.7 Å². The van der Waals surface area contributed by atoms with E-state index in [-0.39, 0.29) is 11.7 Å². The molecular weight excluding hydrogens is 331 g/mol. The van der Waals surface area contributed by atoms with Crippen LogP contribution < -0.4 is 10.6 Å². The Labute approximate surface area is 153 Å². The minimum Gasteiger partial charge on any atom is -0.356 e. The van der Waals surface area contributed by atoms with Crippen molar-refractivity contribution in [1.29, 1.82) is 0 Å². The van der Waals surface area contributed by atoms with Crippen LogP contribution in [0.15, 0.2) is 36.5 Å². The highest BCUT2D eigenvalue weighted by atomic mass is 19.1. The second kappa shape index (κ2) is 7.58. The average Bonchev–Trinajstić information content (AvgIpc) is 3.22. The Morgan fingerprint density at radius 1 is 1.19 bits per heavy atom. The number of halogens is 1. The number of carbonyl (C=O) groups is 1. The quantitative estimate of drug-likeness (QED) is 0.836. The second-order valence-electron chi connectivity index (χ2n) is 7.51. The SMILES string of the molecule is O=C(CC1CC2CCC(C1)N2)NCCc1ccn(-c2ccc(F)cc2)n1. The monoisotopic (exact) mass is 356 g/mol. The van der Waals surface area contributed by atoms with Crippen molar-refractivity contribution in [3.8, 4) is 5.69 Å². The van der Waals surface area contributed by atoms with E-state index in [4.69, 9.17) is 0 Å². The molecule has 2 saturated heterocycles. The molecule has 0 radical (unpaired) electrons. The predicted octanol–water partition coefficient (Wildman–Crippen LogP) is 2.59. The highest BCUT2D eigenvalue weighted by molar-refractivity contribution is 5.76. The summed E-state index contributed by atoms with van der Waals surface area (Å²) < 4.78 is 14.7. The summed E-state index contributed by atoms with van der Waals surface area (Å²) in [7, 11) is 0. The van der Waals surface area contributed by atoms with Crippen LogP contribution in [0.5, 0.6) is 0 Å². The summed E-state index contributed by atoms with van der Waals surface area (Å²) in [6.45, 7) is 0.594. The minimum atomic E-state index is -0.259. The van der Waals surface area contributed by atoms with E-state index >= 15 is 0 Å². The zero-order chi connectivity index (χ0) is 17.9. The molecule has 2 unspecified atom stereocenters. The van der Waals surface area contributed by atoms with Crippen LogP contribution in [0.3, 0.4) is 0 Å². The van der Waals surface area contributed by atoms with Gasteiger partial charge >= 0.3 is 0 Å². The lowest BCUT2D eigenvalue weighted by Gasteiger charge is -2.28. The van der Waals surface area contributed by atoms with Crippen LogP contribution in [-0.4, -0.2) is 34.3 Å². The molecular formula is C20H25FN4O. The van der Waals surface area contributed by atoms with Crippen LogP contribution in [0.1, 0.15) is 37.8 Å². The molecule has 2 N–H and O–H groups in total. The predicted molar refractivity (Wildman–Crippen MR) is 97.5 cm³/mol. The molecule has 5 nitrogen and oxygen atoms in total. The summed E-state index contributed by atoms with van der Waals surface area (Å²) >= 11 is 0. The van der Waals surface area contributed by atoms with Gasteiger partial charge < -0.3 is 10.6 Å². The van der Waals surface area contributed by atoms with Crippen LogP contribution >= 0.6 is 0 Å². The largest absolute Gasteiger partial charge is 0.356 e. The summed E-state index contributed by atoms with van der Waals surface area (Å²) in [4.78, 5) is 12.2. The Hall–Kier alpha value is -2.21. The van der Waals surface area contributed by atoms with Gasteiger partial charge in [-0.2, -0.15) is 5.10 Å². The first-order valence-corrected chi connectivity index (χ1v) is 9.49. The molecule has 1 aromatic heterocycles. The summed E-state index contributed by atoms with van der Waals surface area (Å²) in [6, 6.07) is 9.41. The molecule has 4 rings (SSSR count). The summed E-state index contributed by atoms with van der Waals surface area (Å²) in [5.41, 5.74) is 1.73. The first-order valence-electron chi connectivity index (χ1n) is 9.49. The van der Waals surface area contributed by atoms with Crippen molar-refractivity contribution in [2.75, 3.05) is 6.54 Å². The first-order chi connectivity index (χ1) is 12.7. The maximum Gasteiger partial charge on any atom is 0.220 e. The first kappa shape index (κ1) is 17.2. The number of rotatable bonds is 6. The fraction of sp³-hybridized carbons (Fsp3) is 0.500. The van der Waals surface area contributed by atoms with E-state index in [9.17, 15) is 9.18 Å². The number of fused-ring (bicyclic) bond motifs is 2. The lowest BCUT2D eigenvalue weighted by atomic mass is 9.89. The van der Waals surface area contributed by atoms with Crippen molar-refractivity contribution in [2.24, 2.45) is 5.92 Å². The number of nitrogens with one attached hydrogen (secondary N) is 2. The van der Waals surface area contributed by atoms with Gasteiger partial charge in [0, 0.05) is 37.7 Å². The molecule has 2 atom stereocenters. The fourth-order valence-corrected chi connectivity index (χ4v) is 4.24. The van der Waals surface area contributed by atoms with Crippen LogP contribution in [-0.2, 0) is 11.2 Å². The van der Waals surface area contributed by atoms with Gasteiger partial charge in [-0.3, -0.25) is 4.79 Å². The molecule has 26 heavy (non-hydrogen) atoms. The van der Waals surface area contributed by atoms with Crippen molar-refractivity contribution < 1.29 is 9.18 Å². The van der Waals surface area contributed by atoms with Crippen molar-refractivity contribution in [3.05, 3.63) is 48.0 Å². The Kier molecular flexibility index (Phi) is 5.02. The molecule has 1 amide bonds. The number of nitrogens with zero attached hydrogens (tertiary/aromatic N) is 2. The molecule has 2 aliphatic rings. The van der Waals surface area contributed by atoms with E-state index in [2.05, 4.69) is 15.7 Å². The topological polar surface area (TPSA) is 59.0 Å². The molecule has 2 aromatic rings. The highest BCUT2D eigenvalue weighted by Crippen LogP contribution is 2.32. The third kappa shape index (κ3) is 4.12. The van der Waals surface area contributed by atoms with Gasteiger partial charge in [-0.15, -0.1) is 0 Å². The molecule has 2 aliphatic heterocycles. The maximum atomic E-state index is 13.0. The van der Waals surface area contributed by atoms with Gasteiger partial charge in [0.2, 0.25) is 5.91 Å². The maximum absolute atomic E-state index is 13.0. The Bertz CT molecular complexity index is 745. The van der Waals surface area contributed by atoms with E-state index in [1.54, 1.807) is 16.8 Å². The molecule has 2 fully saturated rings. The van der Waals surface area contributed by atoms with Gasteiger partial charge in [0.1, 0.15) is 5.82 Å². The summed E-state index contributed by atoms with van der Waals surface area (Å²) in [6.07, 6.45) is 7.97. The third-order valence-electron chi connectivity index (χ3n) is 5.48. The number of piperidine rings is 1. The smallest absolute Gasteiger partial charge is 0.220 e. The molecule has 6 heteroatoms. The number of hydrogen-bond acceptors (Lipinski definition) is 3. The number of amides is 1. The van der Waals surface area contributed by atoms with E-state index in [0.717, 1.165) is 24.2 Å². The number of carbonyl (C=O) groups excluding carboxylic acids is 1. The Morgan fingerprint density at radius 3 is 2.65 bits per heavy atom. The van der Waals surface area contributed by atoms with Crippen molar-refractivity contribution >= 4 is 5.91 Å². The zero-order valence-corrected chi connectivity index (χ0v) is 14.8. The average molecular weight is 356 g/mol. The van der Waals surface area contributed by atoms with Crippen LogP contribution in [0.2, 0.25) is 0 Å². The van der Waals surface area contributed by atoms with Gasteiger partial charge in [-0.25, -0.2) is 9.07 Å². The van der Waals surface area contributed by atoms with Crippen LogP contribution in [0.4, 0.5) is 4.39 Å². The minimum absolute atomic E-state index is 0.147. The van der Waals surface area contributed by atoms with E-state index in [1.807, 2.05) is 12.3 Å². The Morgan fingerprint density at radius 2 is 1.92 bits per heavy atom. The lowest BCUT2D eigenvalue weighted by Crippen LogP contribution is -2.39. The van der Waals surface area contributed by atoms with Gasteiger partial charge in [-0.1, -0.05) is 0 Å². The normalized spacial score (nSPS) is 24.6. The molecule has 138 valence electrons. The lowest BCUT2D eigenvalue weighted by molar-refractivity contribution is -0.122. The van der Waals surface area contributed by atoms with Crippen molar-refractivity contribution in [1.82, 2.24) is 20.4 Å². The van der Waals surface area contributed by atoms with Crippen molar-refractivity contribution in [2.45, 2.75) is 50.6 Å². The third-order valence-corrected chi connectivity index (χ3v) is 5.48. The van der Waals surface area contributed by atoms with Gasteiger partial charge in [0.25, 0.3) is 0 Å². The van der Waals surface area contributed by atoms with Crippen molar-refractivity contribution in [3.63, 3.8) is 0 Å². The number of aromatic nitrogens is 2. The van der Waals surface area contributed by atoms with E-state index < -0.39 is 0 Å². The van der Waals surface area contributed by atoms with E-state index in [1.165, 1.54) is 25.0 Å². The standard InChI is InChI=1S/C20H25FN4O/c21-15-1-5-19(6-2-15)25-10-8-16(24-25)7-9-22-20(26)13-14-11-17-3-4-18(12-14)23-17/h1-2,5-6,8,10,14,17-18,23H,3-4,7,9,11-13H2,(H,22,26). The zero-order valence-electron chi connectivity index (χ0n) is 14.8. The molecule has 0 aliphatic carbocycles. The molecule has 1 aromatic carbocycles. The van der Waals surface area contributed by atoms with Gasteiger partial charge in [0.05, 0.1) is 11.4 Å². The fourth-order valence-electron chi connectivity index (χ4n) is 4.24. The number of benzene rings is 1. The van der Waals surface area contributed by atoms with Gasteiger partial charge in [0.15, 0.2) is 0 Å². The highest BCUT2D eigenvalue weighted by Gasteiger charge is 2.34. The second-order valence-corrected chi connectivity index (χ2v) is 7.51. The Balaban J connectivity index is 1.22. The van der Waals surface area contributed by atoms with E-state index in [0.29, 0.717) is 37.4 Å².